The van der Waals surface area contributed by atoms with Crippen molar-refractivity contribution in [1.82, 2.24) is 4.98 Å². The molecule has 1 N–H and O–H groups in total. The summed E-state index contributed by atoms with van der Waals surface area (Å²) in [6.45, 7) is 6.29. The highest BCUT2D eigenvalue weighted by atomic mass is 16.1. The molecule has 1 aliphatic rings. The van der Waals surface area contributed by atoms with Crippen LogP contribution in [-0.4, -0.2) is 10.8 Å². The van der Waals surface area contributed by atoms with E-state index in [1.54, 1.807) is 0 Å². The number of rotatable bonds is 2. The normalized spacial score (nSPS) is 12.2. The molecular weight excluding hydrogens is 344 g/mol. The highest BCUT2D eigenvalue weighted by molar-refractivity contribution is 6.27. The molecule has 1 heterocycles. The highest BCUT2D eigenvalue weighted by Crippen LogP contribution is 2.42. The van der Waals surface area contributed by atoms with Crippen LogP contribution in [0.5, 0.6) is 0 Å². The van der Waals surface area contributed by atoms with Gasteiger partial charge in [-0.3, -0.25) is 9.78 Å². The highest BCUT2D eigenvalue weighted by Gasteiger charge is 2.27. The van der Waals surface area contributed by atoms with E-state index in [1.807, 2.05) is 48.8 Å². The van der Waals surface area contributed by atoms with Gasteiger partial charge in [0.1, 0.15) is 0 Å². The zero-order chi connectivity index (χ0) is 19.4. The SMILES string of the molecule is Cc1cc(C)c(Nc2cccc3c2C(=O)c2cccc4cncc-3c24)c(C)c1. The molecular formula is C25H20N2O. The van der Waals surface area contributed by atoms with E-state index >= 15 is 0 Å². The smallest absolute Gasteiger partial charge is 0.196 e. The third-order valence-electron chi connectivity index (χ3n) is 5.55. The molecule has 28 heavy (non-hydrogen) atoms. The Morgan fingerprint density at radius 2 is 1.54 bits per heavy atom. The van der Waals surface area contributed by atoms with Crippen LogP contribution in [-0.2, 0) is 0 Å². The number of carbonyl (C=O) groups excluding carboxylic acids is 1. The number of benzene rings is 3. The molecule has 0 saturated heterocycles. The van der Waals surface area contributed by atoms with Crippen LogP contribution in [0.3, 0.4) is 0 Å². The molecule has 3 heteroatoms. The van der Waals surface area contributed by atoms with Gasteiger partial charge in [-0.15, -0.1) is 0 Å². The predicted molar refractivity (Wildman–Crippen MR) is 115 cm³/mol. The Kier molecular flexibility index (Phi) is 3.59. The van der Waals surface area contributed by atoms with E-state index in [9.17, 15) is 4.79 Å². The van der Waals surface area contributed by atoms with Crippen LogP contribution < -0.4 is 5.32 Å². The molecule has 0 saturated carbocycles. The number of nitrogens with one attached hydrogen (secondary N) is 1. The topological polar surface area (TPSA) is 42.0 Å². The third-order valence-corrected chi connectivity index (χ3v) is 5.55. The molecule has 0 unspecified atom stereocenters. The minimum absolute atomic E-state index is 0.0600. The van der Waals surface area contributed by atoms with Crippen molar-refractivity contribution < 1.29 is 4.79 Å². The lowest BCUT2D eigenvalue weighted by molar-refractivity contribution is 0.104. The van der Waals surface area contributed by atoms with Gasteiger partial charge in [-0.2, -0.15) is 0 Å². The molecule has 3 nitrogen and oxygen atoms in total. The maximum absolute atomic E-state index is 13.5. The molecule has 4 aromatic rings. The fraction of sp³-hybridized carbons (Fsp3) is 0.120. The molecule has 0 fully saturated rings. The second-order valence-electron chi connectivity index (χ2n) is 7.55. The molecule has 136 valence electrons. The number of ketones is 1. The van der Waals surface area contributed by atoms with Crippen molar-refractivity contribution in [2.24, 2.45) is 0 Å². The van der Waals surface area contributed by atoms with Crippen LogP contribution in [0.2, 0.25) is 0 Å². The maximum Gasteiger partial charge on any atom is 0.196 e. The summed E-state index contributed by atoms with van der Waals surface area (Å²) in [7, 11) is 0. The van der Waals surface area contributed by atoms with E-state index in [4.69, 9.17) is 0 Å². The fourth-order valence-electron chi connectivity index (χ4n) is 4.40. The number of hydrogen-bond donors (Lipinski definition) is 1. The Morgan fingerprint density at radius 3 is 2.32 bits per heavy atom. The van der Waals surface area contributed by atoms with Crippen LogP contribution in [0.1, 0.15) is 32.6 Å². The molecule has 5 rings (SSSR count). The van der Waals surface area contributed by atoms with Gasteiger partial charge in [0.25, 0.3) is 0 Å². The lowest BCUT2D eigenvalue weighted by Crippen LogP contribution is -2.13. The molecule has 1 aliphatic carbocycles. The minimum atomic E-state index is 0.0600. The number of aromatic nitrogens is 1. The van der Waals surface area contributed by atoms with Gasteiger partial charge in [-0.05, 0) is 43.5 Å². The van der Waals surface area contributed by atoms with Gasteiger partial charge in [-0.1, -0.05) is 48.0 Å². The Morgan fingerprint density at radius 1 is 0.821 bits per heavy atom. The average Bonchev–Trinajstić information content (AvgIpc) is 2.68. The van der Waals surface area contributed by atoms with Crippen molar-refractivity contribution in [3.63, 3.8) is 0 Å². The number of anilines is 2. The second-order valence-corrected chi connectivity index (χ2v) is 7.55. The zero-order valence-corrected chi connectivity index (χ0v) is 16.1. The summed E-state index contributed by atoms with van der Waals surface area (Å²) in [5.74, 6) is 0.0600. The van der Waals surface area contributed by atoms with Crippen LogP contribution in [0.25, 0.3) is 21.9 Å². The molecule has 3 aromatic carbocycles. The minimum Gasteiger partial charge on any atom is -0.354 e. The van der Waals surface area contributed by atoms with Crippen molar-refractivity contribution in [2.45, 2.75) is 20.8 Å². The number of hydrogen-bond acceptors (Lipinski definition) is 3. The molecule has 0 bridgehead atoms. The summed E-state index contributed by atoms with van der Waals surface area (Å²) in [6.07, 6.45) is 3.69. The summed E-state index contributed by atoms with van der Waals surface area (Å²) in [4.78, 5) is 17.9. The Balaban J connectivity index is 1.75. The maximum atomic E-state index is 13.5. The molecule has 0 amide bonds. The van der Waals surface area contributed by atoms with Gasteiger partial charge in [0, 0.05) is 40.0 Å². The van der Waals surface area contributed by atoms with E-state index < -0.39 is 0 Å². The van der Waals surface area contributed by atoms with Gasteiger partial charge < -0.3 is 5.32 Å². The largest absolute Gasteiger partial charge is 0.354 e. The van der Waals surface area contributed by atoms with Gasteiger partial charge in [0.2, 0.25) is 0 Å². The summed E-state index contributed by atoms with van der Waals surface area (Å²) < 4.78 is 0. The second kappa shape index (κ2) is 6.03. The number of carbonyl (C=O) groups is 1. The summed E-state index contributed by atoms with van der Waals surface area (Å²) in [6, 6.07) is 16.2. The first-order chi connectivity index (χ1) is 13.5. The van der Waals surface area contributed by atoms with Gasteiger partial charge >= 0.3 is 0 Å². The van der Waals surface area contributed by atoms with E-state index in [2.05, 4.69) is 43.2 Å². The van der Waals surface area contributed by atoms with Crippen molar-refractivity contribution >= 4 is 27.9 Å². The summed E-state index contributed by atoms with van der Waals surface area (Å²) in [5, 5.41) is 5.54. The predicted octanol–water partition coefficient (Wildman–Crippen LogP) is 6.12. The molecule has 0 atom stereocenters. The van der Waals surface area contributed by atoms with Crippen molar-refractivity contribution in [3.05, 3.63) is 88.7 Å². The van der Waals surface area contributed by atoms with E-state index in [-0.39, 0.29) is 5.78 Å². The van der Waals surface area contributed by atoms with Gasteiger partial charge in [-0.25, -0.2) is 0 Å². The molecule has 0 radical (unpaired) electrons. The zero-order valence-electron chi connectivity index (χ0n) is 16.1. The number of nitrogens with zero attached hydrogens (tertiary/aromatic N) is 1. The Hall–Kier alpha value is -3.46. The van der Waals surface area contributed by atoms with Crippen LogP contribution in [0.15, 0.2) is 60.9 Å². The van der Waals surface area contributed by atoms with Crippen LogP contribution in [0.4, 0.5) is 11.4 Å². The molecule has 0 aliphatic heterocycles. The number of fused-ring (bicyclic) bond motifs is 2. The third kappa shape index (κ3) is 2.36. The first-order valence-electron chi connectivity index (χ1n) is 9.44. The fourth-order valence-corrected chi connectivity index (χ4v) is 4.40. The van der Waals surface area contributed by atoms with E-state index in [1.165, 1.54) is 16.7 Å². The lowest BCUT2D eigenvalue weighted by atomic mass is 9.83. The first-order valence-corrected chi connectivity index (χ1v) is 9.44. The molecule has 1 aromatic heterocycles. The van der Waals surface area contributed by atoms with Crippen molar-refractivity contribution in [3.8, 4) is 11.1 Å². The molecule has 0 spiro atoms. The number of aryl methyl sites for hydroxylation is 3. The number of pyridine rings is 1. The van der Waals surface area contributed by atoms with E-state index in [0.717, 1.165) is 44.4 Å². The Bertz CT molecular complexity index is 1260. The van der Waals surface area contributed by atoms with Crippen molar-refractivity contribution in [1.29, 1.82) is 0 Å². The summed E-state index contributed by atoms with van der Waals surface area (Å²) >= 11 is 0. The van der Waals surface area contributed by atoms with Crippen molar-refractivity contribution in [2.75, 3.05) is 5.32 Å². The van der Waals surface area contributed by atoms with Gasteiger partial charge in [0.05, 0.1) is 11.3 Å². The quantitative estimate of drug-likeness (QED) is 0.410. The average molecular weight is 364 g/mol. The van der Waals surface area contributed by atoms with Crippen LogP contribution in [0, 0.1) is 20.8 Å². The van der Waals surface area contributed by atoms with Crippen LogP contribution >= 0.6 is 0 Å². The van der Waals surface area contributed by atoms with E-state index in [0.29, 0.717) is 0 Å². The standard InChI is InChI=1S/C25H20N2O/c1-14-10-15(2)24(16(3)11-14)27-21-9-5-7-18-20-13-26-12-17-6-4-8-19(22(17)20)25(28)23(18)21/h4-13,27H,1-3H3. The Labute approximate surface area is 164 Å². The van der Waals surface area contributed by atoms with Gasteiger partial charge in [0.15, 0.2) is 5.78 Å². The first kappa shape index (κ1) is 16.7. The monoisotopic (exact) mass is 364 g/mol. The summed E-state index contributed by atoms with van der Waals surface area (Å²) in [5.41, 5.74) is 8.89. The lowest BCUT2D eigenvalue weighted by Gasteiger charge is -2.23.